The lowest BCUT2D eigenvalue weighted by Gasteiger charge is -2.24. The maximum Gasteiger partial charge on any atom is 0.273 e. The zero-order chi connectivity index (χ0) is 19.7. The molecule has 6 nitrogen and oxygen atoms in total. The van der Waals surface area contributed by atoms with Crippen LogP contribution in [0.4, 0.5) is 14.7 Å². The van der Waals surface area contributed by atoms with Gasteiger partial charge in [-0.05, 0) is 48.3 Å². The molecule has 1 fully saturated rings. The van der Waals surface area contributed by atoms with E-state index in [0.29, 0.717) is 25.5 Å². The molecule has 0 unspecified atom stereocenters. The summed E-state index contributed by atoms with van der Waals surface area (Å²) in [5.41, 5.74) is -0.178. The highest BCUT2D eigenvalue weighted by Crippen LogP contribution is 2.27. The van der Waals surface area contributed by atoms with Crippen LogP contribution in [0.1, 0.15) is 31.9 Å². The Kier molecular flexibility index (Phi) is 5.81. The van der Waals surface area contributed by atoms with Crippen molar-refractivity contribution in [1.82, 2.24) is 9.55 Å². The molecule has 27 heavy (non-hydrogen) atoms. The Hall–Kier alpha value is -2.00. The summed E-state index contributed by atoms with van der Waals surface area (Å²) in [6.45, 7) is 4.45. The van der Waals surface area contributed by atoms with Gasteiger partial charge in [0.1, 0.15) is 22.7 Å². The average Bonchev–Trinajstić information content (AvgIpc) is 3.03. The molecule has 0 aliphatic carbocycles. The van der Waals surface area contributed by atoms with Crippen molar-refractivity contribution in [1.29, 1.82) is 0 Å². The van der Waals surface area contributed by atoms with E-state index in [4.69, 9.17) is 4.74 Å². The Morgan fingerprint density at radius 2 is 2.15 bits per heavy atom. The number of β-amino-alcohol motifs (C(OH)–C–C–N with tert-alkyl or cyclic N) is 1. The van der Waals surface area contributed by atoms with Crippen LogP contribution in [0.2, 0.25) is 0 Å². The van der Waals surface area contributed by atoms with E-state index in [0.717, 1.165) is 12.1 Å². The second kappa shape index (κ2) is 7.93. The van der Waals surface area contributed by atoms with E-state index in [1.807, 2.05) is 18.7 Å². The summed E-state index contributed by atoms with van der Waals surface area (Å²) < 4.78 is 34.1. The number of nitrogens with zero attached hydrogens (tertiary/aromatic N) is 3. The summed E-state index contributed by atoms with van der Waals surface area (Å²) in [5.74, 6) is -0.990. The van der Waals surface area contributed by atoms with E-state index in [1.165, 1.54) is 10.6 Å². The zero-order valence-electron chi connectivity index (χ0n) is 15.0. The molecule has 1 aliphatic heterocycles. The lowest BCUT2D eigenvalue weighted by molar-refractivity contribution is 0.198. The number of anilines is 1. The lowest BCUT2D eigenvalue weighted by Crippen LogP contribution is -2.33. The molecule has 2 heterocycles. The highest BCUT2D eigenvalue weighted by Gasteiger charge is 2.27. The molecular weight excluding hydrogens is 424 g/mol. The van der Waals surface area contributed by atoms with Crippen LogP contribution in [0.15, 0.2) is 27.5 Å². The minimum Gasteiger partial charge on any atom is -0.472 e. The molecule has 0 radical (unpaired) electrons. The first kappa shape index (κ1) is 19.8. The van der Waals surface area contributed by atoms with Crippen LogP contribution in [0, 0.1) is 11.6 Å². The molecule has 2 aromatic rings. The highest BCUT2D eigenvalue weighted by molar-refractivity contribution is 9.10. The van der Waals surface area contributed by atoms with Crippen molar-refractivity contribution in [2.24, 2.45) is 0 Å². The maximum atomic E-state index is 13.8. The van der Waals surface area contributed by atoms with Gasteiger partial charge >= 0.3 is 0 Å². The van der Waals surface area contributed by atoms with Crippen molar-refractivity contribution in [3.63, 3.8) is 0 Å². The fourth-order valence-corrected chi connectivity index (χ4v) is 3.37. The van der Waals surface area contributed by atoms with Gasteiger partial charge in [0.15, 0.2) is 0 Å². The van der Waals surface area contributed by atoms with Gasteiger partial charge in [0.05, 0.1) is 6.10 Å². The average molecular weight is 444 g/mol. The first-order valence-electron chi connectivity index (χ1n) is 8.59. The fourth-order valence-electron chi connectivity index (χ4n) is 2.97. The Bertz CT molecular complexity index is 904. The first-order valence-corrected chi connectivity index (χ1v) is 9.39. The summed E-state index contributed by atoms with van der Waals surface area (Å²) in [7, 11) is 0. The van der Waals surface area contributed by atoms with E-state index in [-0.39, 0.29) is 34.1 Å². The number of aromatic nitrogens is 2. The Labute approximate surface area is 163 Å². The zero-order valence-corrected chi connectivity index (χ0v) is 16.5. The van der Waals surface area contributed by atoms with E-state index >= 15 is 0 Å². The maximum absolute atomic E-state index is 13.8. The second-order valence-electron chi connectivity index (χ2n) is 6.71. The molecule has 0 spiro atoms. The number of aliphatic hydroxyl groups is 1. The summed E-state index contributed by atoms with van der Waals surface area (Å²) in [5, 5.41) is 9.82. The SMILES string of the molecule is CC(C)n1c(N2CC[C@H](O)C2)nc(OCc2ccc(F)cc2F)c(Br)c1=O. The number of hydrogen-bond donors (Lipinski definition) is 1. The van der Waals surface area contributed by atoms with Gasteiger partial charge < -0.3 is 14.7 Å². The molecule has 146 valence electrons. The second-order valence-corrected chi connectivity index (χ2v) is 7.51. The van der Waals surface area contributed by atoms with Crippen LogP contribution < -0.4 is 15.2 Å². The number of ether oxygens (including phenoxy) is 1. The minimum absolute atomic E-state index is 0.0250. The number of benzene rings is 1. The largest absolute Gasteiger partial charge is 0.472 e. The van der Waals surface area contributed by atoms with E-state index in [9.17, 15) is 18.7 Å². The molecule has 0 bridgehead atoms. The van der Waals surface area contributed by atoms with Crippen LogP contribution in [0.3, 0.4) is 0 Å². The van der Waals surface area contributed by atoms with Gasteiger partial charge in [-0.2, -0.15) is 4.98 Å². The molecule has 1 N–H and O–H groups in total. The van der Waals surface area contributed by atoms with E-state index in [1.54, 1.807) is 0 Å². The molecule has 0 amide bonds. The van der Waals surface area contributed by atoms with E-state index in [2.05, 4.69) is 20.9 Å². The molecule has 0 saturated carbocycles. The third-order valence-electron chi connectivity index (χ3n) is 4.35. The molecule has 1 aromatic heterocycles. The predicted octanol–water partition coefficient (Wildman–Crippen LogP) is 3.01. The van der Waals surface area contributed by atoms with Crippen molar-refractivity contribution in [2.45, 2.75) is 39.0 Å². The summed E-state index contributed by atoms with van der Waals surface area (Å²) >= 11 is 3.22. The van der Waals surface area contributed by atoms with Gasteiger partial charge in [-0.15, -0.1) is 0 Å². The van der Waals surface area contributed by atoms with Crippen molar-refractivity contribution in [3.05, 3.63) is 50.2 Å². The van der Waals surface area contributed by atoms with Crippen molar-refractivity contribution < 1.29 is 18.6 Å². The topological polar surface area (TPSA) is 67.6 Å². The highest BCUT2D eigenvalue weighted by atomic mass is 79.9. The molecule has 1 aromatic carbocycles. The van der Waals surface area contributed by atoms with Gasteiger partial charge in [0.25, 0.3) is 5.56 Å². The number of hydrogen-bond acceptors (Lipinski definition) is 5. The predicted molar refractivity (Wildman–Crippen MR) is 100 cm³/mol. The van der Waals surface area contributed by atoms with Crippen LogP contribution in [-0.4, -0.2) is 33.9 Å². The monoisotopic (exact) mass is 443 g/mol. The molecule has 1 atom stereocenters. The third kappa shape index (κ3) is 4.14. The summed E-state index contributed by atoms with van der Waals surface area (Å²) in [4.78, 5) is 19.1. The van der Waals surface area contributed by atoms with Gasteiger partial charge in [0.2, 0.25) is 11.8 Å². The standard InChI is InChI=1S/C18H20BrF2N3O3/c1-10(2)24-17(26)15(19)16(22-18(24)23-6-5-13(25)8-23)27-9-11-3-4-12(20)7-14(11)21/h3-4,7,10,13,25H,5-6,8-9H2,1-2H3/t13-/m0/s1. The lowest BCUT2D eigenvalue weighted by atomic mass is 10.2. The molecule has 1 aliphatic rings. The number of rotatable bonds is 5. The normalized spacial score (nSPS) is 17.0. The quantitative estimate of drug-likeness (QED) is 0.768. The van der Waals surface area contributed by atoms with Crippen molar-refractivity contribution >= 4 is 21.9 Å². The first-order chi connectivity index (χ1) is 12.8. The van der Waals surface area contributed by atoms with Crippen molar-refractivity contribution in [3.8, 4) is 5.88 Å². The third-order valence-corrected chi connectivity index (χ3v) is 5.03. The molecule has 1 saturated heterocycles. The van der Waals surface area contributed by atoms with Crippen molar-refractivity contribution in [2.75, 3.05) is 18.0 Å². The molecular formula is C18H20BrF2N3O3. The van der Waals surface area contributed by atoms with Crippen LogP contribution in [0.25, 0.3) is 0 Å². The van der Waals surface area contributed by atoms with Gasteiger partial charge in [0, 0.05) is 30.8 Å². The minimum atomic E-state index is -0.732. The smallest absolute Gasteiger partial charge is 0.273 e. The van der Waals surface area contributed by atoms with E-state index < -0.39 is 17.7 Å². The van der Waals surface area contributed by atoms with Crippen LogP contribution >= 0.6 is 15.9 Å². The Morgan fingerprint density at radius 1 is 1.41 bits per heavy atom. The van der Waals surface area contributed by atoms with Gasteiger partial charge in [-0.25, -0.2) is 8.78 Å². The number of halogens is 3. The molecule has 3 rings (SSSR count). The van der Waals surface area contributed by atoms with Gasteiger partial charge in [-0.3, -0.25) is 9.36 Å². The van der Waals surface area contributed by atoms with Crippen LogP contribution in [0.5, 0.6) is 5.88 Å². The Balaban J connectivity index is 1.95. The fraction of sp³-hybridized carbons (Fsp3) is 0.444. The van der Waals surface area contributed by atoms with Gasteiger partial charge in [-0.1, -0.05) is 0 Å². The Morgan fingerprint density at radius 3 is 2.74 bits per heavy atom. The molecule has 9 heteroatoms. The summed E-state index contributed by atoms with van der Waals surface area (Å²) in [6.07, 6.45) is 0.102. The summed E-state index contributed by atoms with van der Waals surface area (Å²) in [6, 6.07) is 3.04. The van der Waals surface area contributed by atoms with Crippen LogP contribution in [-0.2, 0) is 6.61 Å². The number of aliphatic hydroxyl groups excluding tert-OH is 1.